The average molecular weight is 343 g/mol. The zero-order valence-corrected chi connectivity index (χ0v) is 13.1. The summed E-state index contributed by atoms with van der Waals surface area (Å²) in [5.74, 6) is -0.556. The molecule has 1 amide bonds. The standard InChI is InChI=1S/C13H12Cl2N4O3/c1-8-7-11(19(21)22)17-18(8)6-5-12(20)16-13-9(14)3-2-4-10(13)15/h2-4,7H,5-6H2,1H3,(H,16,20). The Bertz CT molecular complexity index is 710. The summed E-state index contributed by atoms with van der Waals surface area (Å²) in [7, 11) is 0. The summed E-state index contributed by atoms with van der Waals surface area (Å²) in [6.45, 7) is 1.90. The maximum Gasteiger partial charge on any atom is 0.390 e. The molecule has 0 fully saturated rings. The van der Waals surface area contributed by atoms with E-state index in [0.29, 0.717) is 21.4 Å². The van der Waals surface area contributed by atoms with Gasteiger partial charge in [-0.2, -0.15) is 4.68 Å². The molecule has 2 aromatic rings. The van der Waals surface area contributed by atoms with Crippen LogP contribution in [0.3, 0.4) is 0 Å². The van der Waals surface area contributed by atoms with Crippen molar-refractivity contribution >= 4 is 40.6 Å². The topological polar surface area (TPSA) is 90.1 Å². The highest BCUT2D eigenvalue weighted by molar-refractivity contribution is 6.39. The van der Waals surface area contributed by atoms with E-state index in [9.17, 15) is 14.9 Å². The first-order valence-corrected chi connectivity index (χ1v) is 7.07. The number of amides is 1. The first kappa shape index (κ1) is 16.3. The second kappa shape index (κ2) is 6.76. The molecule has 0 aliphatic rings. The number of anilines is 1. The molecule has 0 unspecified atom stereocenters. The van der Waals surface area contributed by atoms with Crippen LogP contribution in [0.4, 0.5) is 11.5 Å². The molecular weight excluding hydrogens is 331 g/mol. The van der Waals surface area contributed by atoms with E-state index < -0.39 is 4.92 Å². The van der Waals surface area contributed by atoms with E-state index in [1.165, 1.54) is 10.7 Å². The fourth-order valence-electron chi connectivity index (χ4n) is 1.83. The van der Waals surface area contributed by atoms with Crippen molar-refractivity contribution in [2.45, 2.75) is 19.9 Å². The Kier molecular flexibility index (Phi) is 4.99. The van der Waals surface area contributed by atoms with Crippen molar-refractivity contribution in [3.8, 4) is 0 Å². The van der Waals surface area contributed by atoms with Crippen molar-refractivity contribution in [1.29, 1.82) is 0 Å². The van der Waals surface area contributed by atoms with Gasteiger partial charge in [0.2, 0.25) is 5.91 Å². The summed E-state index contributed by atoms with van der Waals surface area (Å²) in [4.78, 5) is 22.0. The third-order valence-electron chi connectivity index (χ3n) is 2.93. The zero-order chi connectivity index (χ0) is 16.3. The number of carbonyl (C=O) groups excluding carboxylic acids is 1. The number of aryl methyl sites for hydroxylation is 2. The third kappa shape index (κ3) is 3.75. The van der Waals surface area contributed by atoms with Crippen molar-refractivity contribution in [2.24, 2.45) is 0 Å². The monoisotopic (exact) mass is 342 g/mol. The highest BCUT2D eigenvalue weighted by Gasteiger charge is 2.16. The minimum atomic E-state index is -0.576. The molecule has 22 heavy (non-hydrogen) atoms. The number of rotatable bonds is 5. The van der Waals surface area contributed by atoms with Gasteiger partial charge in [0, 0.05) is 6.42 Å². The van der Waals surface area contributed by atoms with Gasteiger partial charge in [-0.1, -0.05) is 29.3 Å². The SMILES string of the molecule is Cc1cc([N+](=O)[O-])nn1CCC(=O)Nc1c(Cl)cccc1Cl. The number of benzene rings is 1. The summed E-state index contributed by atoms with van der Waals surface area (Å²) in [6.07, 6.45) is 0.0845. The van der Waals surface area contributed by atoms with Gasteiger partial charge in [-0.3, -0.25) is 4.79 Å². The summed E-state index contributed by atoms with van der Waals surface area (Å²) in [5, 5.41) is 17.7. The van der Waals surface area contributed by atoms with Gasteiger partial charge in [0.1, 0.15) is 0 Å². The van der Waals surface area contributed by atoms with Gasteiger partial charge in [-0.15, -0.1) is 0 Å². The Morgan fingerprint density at radius 3 is 2.59 bits per heavy atom. The number of hydrogen-bond donors (Lipinski definition) is 1. The Balaban J connectivity index is 2.00. The number of halogens is 2. The van der Waals surface area contributed by atoms with Crippen molar-refractivity contribution in [1.82, 2.24) is 9.78 Å². The predicted molar refractivity (Wildman–Crippen MR) is 83.3 cm³/mol. The quantitative estimate of drug-likeness (QED) is 0.665. The van der Waals surface area contributed by atoms with E-state index in [-0.39, 0.29) is 24.7 Å². The molecule has 1 aromatic carbocycles. The molecule has 0 saturated heterocycles. The van der Waals surface area contributed by atoms with E-state index >= 15 is 0 Å². The Hall–Kier alpha value is -2.12. The normalized spacial score (nSPS) is 10.5. The molecule has 7 nitrogen and oxygen atoms in total. The fraction of sp³-hybridized carbons (Fsp3) is 0.231. The summed E-state index contributed by atoms with van der Waals surface area (Å²) >= 11 is 11.9. The van der Waals surface area contributed by atoms with E-state index in [1.807, 2.05) is 0 Å². The highest BCUT2D eigenvalue weighted by Crippen LogP contribution is 2.29. The van der Waals surface area contributed by atoms with Gasteiger partial charge in [0.15, 0.2) is 0 Å². The maximum atomic E-state index is 11.9. The number of hydrogen-bond acceptors (Lipinski definition) is 4. The first-order chi connectivity index (χ1) is 10.4. The Morgan fingerprint density at radius 1 is 1.41 bits per heavy atom. The van der Waals surface area contributed by atoms with Crippen molar-refractivity contribution in [2.75, 3.05) is 5.32 Å². The van der Waals surface area contributed by atoms with Gasteiger partial charge in [-0.25, -0.2) is 0 Å². The Labute approximate surface area is 136 Å². The highest BCUT2D eigenvalue weighted by atomic mass is 35.5. The lowest BCUT2D eigenvalue weighted by Gasteiger charge is -2.08. The molecule has 1 heterocycles. The summed E-state index contributed by atoms with van der Waals surface area (Å²) in [5.41, 5.74) is 0.953. The predicted octanol–water partition coefficient (Wildman–Crippen LogP) is 3.44. The number of nitrogens with zero attached hydrogens (tertiary/aromatic N) is 3. The lowest BCUT2D eigenvalue weighted by atomic mass is 10.3. The van der Waals surface area contributed by atoms with Crippen molar-refractivity contribution < 1.29 is 9.72 Å². The van der Waals surface area contributed by atoms with E-state index in [0.717, 1.165) is 0 Å². The average Bonchev–Trinajstić information content (AvgIpc) is 2.82. The van der Waals surface area contributed by atoms with Gasteiger partial charge in [-0.05, 0) is 24.0 Å². The van der Waals surface area contributed by atoms with Gasteiger partial charge >= 0.3 is 5.82 Å². The molecule has 116 valence electrons. The van der Waals surface area contributed by atoms with Crippen LogP contribution in [0.25, 0.3) is 0 Å². The number of carbonyl (C=O) groups is 1. The number of nitrogens with one attached hydrogen (secondary N) is 1. The molecule has 0 saturated carbocycles. The number of para-hydroxylation sites is 1. The Morgan fingerprint density at radius 2 is 2.05 bits per heavy atom. The molecule has 0 aliphatic heterocycles. The largest absolute Gasteiger partial charge is 0.390 e. The molecule has 1 aromatic heterocycles. The minimum absolute atomic E-state index is 0.0845. The van der Waals surface area contributed by atoms with Crippen LogP contribution < -0.4 is 5.32 Å². The molecule has 0 bridgehead atoms. The third-order valence-corrected chi connectivity index (χ3v) is 3.56. The summed E-state index contributed by atoms with van der Waals surface area (Å²) in [6, 6.07) is 6.25. The van der Waals surface area contributed by atoms with Crippen molar-refractivity contribution in [3.05, 3.63) is 50.1 Å². The minimum Gasteiger partial charge on any atom is -0.358 e. The van der Waals surface area contributed by atoms with E-state index in [2.05, 4.69) is 10.4 Å². The first-order valence-electron chi connectivity index (χ1n) is 6.31. The number of nitro groups is 1. The van der Waals surface area contributed by atoms with Crippen LogP contribution in [0.15, 0.2) is 24.3 Å². The van der Waals surface area contributed by atoms with E-state index in [4.69, 9.17) is 23.2 Å². The van der Waals surface area contributed by atoms with Crippen molar-refractivity contribution in [3.63, 3.8) is 0 Å². The van der Waals surface area contributed by atoms with Crippen LogP contribution in [0.1, 0.15) is 12.1 Å². The van der Waals surface area contributed by atoms with Crippen LogP contribution in [-0.2, 0) is 11.3 Å². The van der Waals surface area contributed by atoms with Crippen LogP contribution in [-0.4, -0.2) is 20.6 Å². The second-order valence-corrected chi connectivity index (χ2v) is 5.33. The fourth-order valence-corrected chi connectivity index (χ4v) is 2.33. The lowest BCUT2D eigenvalue weighted by molar-refractivity contribution is -0.389. The summed E-state index contributed by atoms with van der Waals surface area (Å²) < 4.78 is 1.41. The molecule has 0 atom stereocenters. The van der Waals surface area contributed by atoms with Crippen LogP contribution in [0.5, 0.6) is 0 Å². The molecule has 2 rings (SSSR count). The second-order valence-electron chi connectivity index (χ2n) is 4.52. The van der Waals surface area contributed by atoms with E-state index in [1.54, 1.807) is 25.1 Å². The molecular formula is C13H12Cl2N4O3. The van der Waals surface area contributed by atoms with Crippen LogP contribution in [0, 0.1) is 17.0 Å². The van der Waals surface area contributed by atoms with Gasteiger partial charge in [0.25, 0.3) is 0 Å². The van der Waals surface area contributed by atoms with Crippen LogP contribution in [0.2, 0.25) is 10.0 Å². The zero-order valence-electron chi connectivity index (χ0n) is 11.5. The smallest absolute Gasteiger partial charge is 0.358 e. The van der Waals surface area contributed by atoms with Gasteiger partial charge in [0.05, 0.1) is 39.1 Å². The molecule has 1 N–H and O–H groups in total. The number of aromatic nitrogens is 2. The molecule has 0 aliphatic carbocycles. The maximum absolute atomic E-state index is 11.9. The lowest BCUT2D eigenvalue weighted by Crippen LogP contribution is -2.16. The molecule has 9 heteroatoms. The van der Waals surface area contributed by atoms with Gasteiger partial charge < -0.3 is 15.4 Å². The van der Waals surface area contributed by atoms with Crippen LogP contribution >= 0.6 is 23.2 Å². The molecule has 0 spiro atoms. The molecule has 0 radical (unpaired) electrons.